The Hall–Kier alpha value is -1.73. The first-order chi connectivity index (χ1) is 8.33. The molecular formula is C15H12ClN. The molecule has 0 aliphatic heterocycles. The summed E-state index contributed by atoms with van der Waals surface area (Å²) < 4.78 is 0. The molecule has 0 fully saturated rings. The van der Waals surface area contributed by atoms with E-state index < -0.39 is 0 Å². The van der Waals surface area contributed by atoms with Gasteiger partial charge in [-0.05, 0) is 41.8 Å². The van der Waals surface area contributed by atoms with E-state index in [-0.39, 0.29) is 0 Å². The Bertz CT molecular complexity index is 637. The molecule has 0 aliphatic carbocycles. The molecule has 1 heterocycles. The van der Waals surface area contributed by atoms with E-state index in [1.165, 1.54) is 22.0 Å². The van der Waals surface area contributed by atoms with Gasteiger partial charge in [0.2, 0.25) is 0 Å². The van der Waals surface area contributed by atoms with Gasteiger partial charge in [-0.2, -0.15) is 0 Å². The first-order valence-electron chi connectivity index (χ1n) is 5.62. The fourth-order valence-electron chi connectivity index (χ4n) is 2.13. The highest BCUT2D eigenvalue weighted by Crippen LogP contribution is 2.21. The van der Waals surface area contributed by atoms with Gasteiger partial charge in [0.15, 0.2) is 0 Å². The summed E-state index contributed by atoms with van der Waals surface area (Å²) in [4.78, 5) is 3.23. The summed E-state index contributed by atoms with van der Waals surface area (Å²) in [6.07, 6.45) is 2.92. The van der Waals surface area contributed by atoms with Crippen molar-refractivity contribution >= 4 is 22.5 Å². The summed E-state index contributed by atoms with van der Waals surface area (Å²) >= 11 is 5.89. The lowest BCUT2D eigenvalue weighted by molar-refractivity contribution is 1.21. The van der Waals surface area contributed by atoms with Crippen LogP contribution in [0.4, 0.5) is 0 Å². The van der Waals surface area contributed by atoms with Crippen molar-refractivity contribution in [2.24, 2.45) is 0 Å². The molecular weight excluding hydrogens is 230 g/mol. The van der Waals surface area contributed by atoms with E-state index in [0.717, 1.165) is 11.4 Å². The smallest absolute Gasteiger partial charge is 0.0456 e. The van der Waals surface area contributed by atoms with Crippen molar-refractivity contribution in [3.05, 3.63) is 70.9 Å². The number of H-pyrrole nitrogens is 1. The van der Waals surface area contributed by atoms with E-state index in [1.807, 2.05) is 18.3 Å². The molecule has 17 heavy (non-hydrogen) atoms. The molecule has 0 radical (unpaired) electrons. The minimum absolute atomic E-state index is 0.786. The standard InChI is InChI=1S/C15H12ClN/c16-13-6-4-11(5-7-13)10-12-2-1-3-15-14(12)8-9-17-15/h1-9,17H,10H2. The first kappa shape index (κ1) is 10.4. The lowest BCUT2D eigenvalue weighted by atomic mass is 10.0. The lowest BCUT2D eigenvalue weighted by Crippen LogP contribution is -1.88. The predicted octanol–water partition coefficient (Wildman–Crippen LogP) is 4.41. The Kier molecular flexibility index (Phi) is 2.62. The van der Waals surface area contributed by atoms with Crippen LogP contribution < -0.4 is 0 Å². The van der Waals surface area contributed by atoms with Crippen LogP contribution in [0.3, 0.4) is 0 Å². The van der Waals surface area contributed by atoms with E-state index >= 15 is 0 Å². The topological polar surface area (TPSA) is 15.8 Å². The molecule has 0 aliphatic rings. The average Bonchev–Trinajstić information content (AvgIpc) is 2.81. The van der Waals surface area contributed by atoms with Crippen molar-refractivity contribution in [2.45, 2.75) is 6.42 Å². The van der Waals surface area contributed by atoms with Crippen LogP contribution in [0.5, 0.6) is 0 Å². The molecule has 1 nitrogen and oxygen atoms in total. The monoisotopic (exact) mass is 241 g/mol. The normalized spacial score (nSPS) is 10.9. The van der Waals surface area contributed by atoms with E-state index in [4.69, 9.17) is 11.6 Å². The lowest BCUT2D eigenvalue weighted by Gasteiger charge is -2.04. The third-order valence-corrected chi connectivity index (χ3v) is 3.25. The van der Waals surface area contributed by atoms with Gasteiger partial charge in [-0.3, -0.25) is 0 Å². The third kappa shape index (κ3) is 2.06. The maximum atomic E-state index is 5.89. The SMILES string of the molecule is Clc1ccc(Cc2cccc3[nH]ccc23)cc1. The van der Waals surface area contributed by atoms with Crippen molar-refractivity contribution in [1.82, 2.24) is 4.98 Å². The summed E-state index contributed by atoms with van der Waals surface area (Å²) in [5, 5.41) is 2.08. The van der Waals surface area contributed by atoms with Crippen LogP contribution >= 0.6 is 11.6 Å². The van der Waals surface area contributed by atoms with Gasteiger partial charge >= 0.3 is 0 Å². The second-order valence-electron chi connectivity index (χ2n) is 4.16. The van der Waals surface area contributed by atoms with E-state index in [9.17, 15) is 0 Å². The van der Waals surface area contributed by atoms with E-state index in [2.05, 4.69) is 41.4 Å². The number of aromatic nitrogens is 1. The molecule has 3 rings (SSSR count). The Morgan fingerprint density at radius 1 is 0.941 bits per heavy atom. The fraction of sp³-hybridized carbons (Fsp3) is 0.0667. The van der Waals surface area contributed by atoms with Crippen LogP contribution in [0.2, 0.25) is 5.02 Å². The van der Waals surface area contributed by atoms with Crippen molar-refractivity contribution in [1.29, 1.82) is 0 Å². The van der Waals surface area contributed by atoms with Gasteiger partial charge in [0, 0.05) is 22.1 Å². The van der Waals surface area contributed by atoms with Crippen LogP contribution in [-0.2, 0) is 6.42 Å². The van der Waals surface area contributed by atoms with E-state index in [0.29, 0.717) is 0 Å². The van der Waals surface area contributed by atoms with Gasteiger partial charge in [0.05, 0.1) is 0 Å². The Labute approximate surface area is 105 Å². The zero-order chi connectivity index (χ0) is 11.7. The number of rotatable bonds is 2. The molecule has 0 spiro atoms. The van der Waals surface area contributed by atoms with Crippen molar-refractivity contribution in [2.75, 3.05) is 0 Å². The van der Waals surface area contributed by atoms with Gasteiger partial charge in [-0.15, -0.1) is 0 Å². The molecule has 0 atom stereocenters. The number of benzene rings is 2. The van der Waals surface area contributed by atoms with E-state index in [1.54, 1.807) is 0 Å². The second kappa shape index (κ2) is 4.27. The van der Waals surface area contributed by atoms with Crippen LogP contribution in [0.15, 0.2) is 54.7 Å². The molecule has 0 unspecified atom stereocenters. The molecule has 3 aromatic rings. The zero-order valence-corrected chi connectivity index (χ0v) is 10.0. The molecule has 0 saturated carbocycles. The summed E-state index contributed by atoms with van der Waals surface area (Å²) in [6, 6.07) is 16.5. The maximum absolute atomic E-state index is 5.89. The summed E-state index contributed by atoms with van der Waals surface area (Å²) in [6.45, 7) is 0. The summed E-state index contributed by atoms with van der Waals surface area (Å²) in [7, 11) is 0. The highest BCUT2D eigenvalue weighted by Gasteiger charge is 2.02. The minimum atomic E-state index is 0.786. The number of aromatic amines is 1. The molecule has 1 aromatic heterocycles. The largest absolute Gasteiger partial charge is 0.361 e. The molecule has 0 saturated heterocycles. The van der Waals surface area contributed by atoms with Crippen LogP contribution in [0, 0.1) is 0 Å². The second-order valence-corrected chi connectivity index (χ2v) is 4.60. The van der Waals surface area contributed by atoms with Crippen molar-refractivity contribution in [3.8, 4) is 0 Å². The Balaban J connectivity index is 1.99. The Morgan fingerprint density at radius 3 is 2.59 bits per heavy atom. The third-order valence-electron chi connectivity index (χ3n) is 2.99. The van der Waals surface area contributed by atoms with Gasteiger partial charge in [0.1, 0.15) is 0 Å². The highest BCUT2D eigenvalue weighted by atomic mass is 35.5. The van der Waals surface area contributed by atoms with Gasteiger partial charge in [-0.25, -0.2) is 0 Å². The average molecular weight is 242 g/mol. The number of hydrogen-bond acceptors (Lipinski definition) is 0. The molecule has 0 bridgehead atoms. The van der Waals surface area contributed by atoms with Gasteiger partial charge in [0.25, 0.3) is 0 Å². The zero-order valence-electron chi connectivity index (χ0n) is 9.28. The molecule has 1 N–H and O–H groups in total. The maximum Gasteiger partial charge on any atom is 0.0456 e. The quantitative estimate of drug-likeness (QED) is 0.684. The summed E-state index contributed by atoms with van der Waals surface area (Å²) in [5.74, 6) is 0. The minimum Gasteiger partial charge on any atom is -0.361 e. The number of nitrogens with one attached hydrogen (secondary N) is 1. The van der Waals surface area contributed by atoms with Crippen LogP contribution in [0.25, 0.3) is 10.9 Å². The van der Waals surface area contributed by atoms with Gasteiger partial charge < -0.3 is 4.98 Å². The highest BCUT2D eigenvalue weighted by molar-refractivity contribution is 6.30. The van der Waals surface area contributed by atoms with Crippen molar-refractivity contribution in [3.63, 3.8) is 0 Å². The fourth-order valence-corrected chi connectivity index (χ4v) is 2.25. The summed E-state index contributed by atoms with van der Waals surface area (Å²) in [5.41, 5.74) is 3.81. The molecule has 0 amide bonds. The van der Waals surface area contributed by atoms with Crippen LogP contribution in [-0.4, -0.2) is 4.98 Å². The molecule has 2 aromatic carbocycles. The van der Waals surface area contributed by atoms with Gasteiger partial charge in [-0.1, -0.05) is 35.9 Å². The predicted molar refractivity (Wildman–Crippen MR) is 72.6 cm³/mol. The van der Waals surface area contributed by atoms with Crippen molar-refractivity contribution < 1.29 is 0 Å². The molecule has 84 valence electrons. The number of halogens is 1. The molecule has 2 heteroatoms. The first-order valence-corrected chi connectivity index (χ1v) is 6.00. The Morgan fingerprint density at radius 2 is 1.76 bits per heavy atom. The number of hydrogen-bond donors (Lipinski definition) is 1. The van der Waals surface area contributed by atoms with Crippen LogP contribution in [0.1, 0.15) is 11.1 Å². The number of fused-ring (bicyclic) bond motifs is 1.